The lowest BCUT2D eigenvalue weighted by Gasteiger charge is -2.23. The average Bonchev–Trinajstić information content (AvgIpc) is 3.21. The molecule has 1 aliphatic rings. The van der Waals surface area contributed by atoms with Gasteiger partial charge in [-0.3, -0.25) is 4.90 Å². The molecule has 0 spiro atoms. The van der Waals surface area contributed by atoms with Gasteiger partial charge in [0, 0.05) is 13.1 Å². The summed E-state index contributed by atoms with van der Waals surface area (Å²) < 4.78 is 10.5. The topological polar surface area (TPSA) is 59.1 Å². The normalized spacial score (nSPS) is 16.0. The second-order valence-corrected chi connectivity index (χ2v) is 6.38. The number of carbonyl (C=O) groups excluding carboxylic acids is 2. The second kappa shape index (κ2) is 9.07. The van der Waals surface area contributed by atoms with E-state index >= 15 is 0 Å². The number of amides is 2. The van der Waals surface area contributed by atoms with Crippen molar-refractivity contribution < 1.29 is 19.1 Å². The van der Waals surface area contributed by atoms with Crippen molar-refractivity contribution in [3.8, 4) is 0 Å². The molecule has 1 heterocycles. The lowest BCUT2D eigenvalue weighted by atomic mass is 10.2. The van der Waals surface area contributed by atoms with E-state index in [-0.39, 0.29) is 19.3 Å². The van der Waals surface area contributed by atoms with Gasteiger partial charge in [-0.15, -0.1) is 0 Å². The zero-order chi connectivity index (χ0) is 19.1. The van der Waals surface area contributed by atoms with E-state index in [4.69, 9.17) is 16.5 Å². The van der Waals surface area contributed by atoms with E-state index in [1.54, 1.807) is 4.90 Å². The molecule has 0 N–H and O–H groups in total. The van der Waals surface area contributed by atoms with Crippen LogP contribution >= 0.6 is 0 Å². The summed E-state index contributed by atoms with van der Waals surface area (Å²) in [6.07, 6.45) is -0.437. The van der Waals surface area contributed by atoms with Crippen LogP contribution in [0.15, 0.2) is 60.7 Å². The van der Waals surface area contributed by atoms with Gasteiger partial charge in [-0.1, -0.05) is 60.7 Å². The van der Waals surface area contributed by atoms with Crippen LogP contribution in [-0.4, -0.2) is 41.1 Å². The molecule has 3 rings (SSSR count). The van der Waals surface area contributed by atoms with Crippen LogP contribution in [0.2, 0.25) is 0 Å². The monoisotopic (exact) mass is 366 g/mol. The number of rotatable bonds is 5. The van der Waals surface area contributed by atoms with Gasteiger partial charge >= 0.3 is 12.2 Å². The van der Waals surface area contributed by atoms with Gasteiger partial charge in [-0.2, -0.15) is 0 Å². The van der Waals surface area contributed by atoms with Crippen molar-refractivity contribution >= 4 is 12.2 Å². The van der Waals surface area contributed by atoms with Crippen LogP contribution in [-0.2, 0) is 22.7 Å². The van der Waals surface area contributed by atoms with Gasteiger partial charge in [0.15, 0.2) is 0 Å². The number of carbonyl (C=O) groups is 2. The lowest BCUT2D eigenvalue weighted by molar-refractivity contribution is 0.0904. The minimum Gasteiger partial charge on any atom is -0.445 e. The molecule has 6 nitrogen and oxygen atoms in total. The summed E-state index contributed by atoms with van der Waals surface area (Å²) in [5.41, 5.74) is 1.81. The first-order valence-corrected chi connectivity index (χ1v) is 8.83. The van der Waals surface area contributed by atoms with Crippen LogP contribution in [0.5, 0.6) is 0 Å². The Morgan fingerprint density at radius 3 is 2.11 bits per heavy atom. The highest BCUT2D eigenvalue weighted by molar-refractivity contribution is 5.70. The molecule has 1 atom stereocenters. The van der Waals surface area contributed by atoms with Crippen LogP contribution in [0.3, 0.4) is 0 Å². The Kier molecular flexibility index (Phi) is 6.30. The molecular formula is C21H22N2O4. The van der Waals surface area contributed by atoms with Crippen LogP contribution in [0.25, 0.3) is 0 Å². The number of likely N-dealkylation sites (tertiary alicyclic amines) is 1. The third kappa shape index (κ3) is 5.23. The second-order valence-electron chi connectivity index (χ2n) is 6.38. The summed E-state index contributed by atoms with van der Waals surface area (Å²) in [7, 11) is 5.89. The molecule has 1 fully saturated rings. The molecule has 2 amide bonds. The number of nitrogens with zero attached hydrogens (tertiary/aromatic N) is 2. The quantitative estimate of drug-likeness (QED) is 0.757. The molecule has 0 unspecified atom stereocenters. The van der Waals surface area contributed by atoms with Gasteiger partial charge in [0.2, 0.25) is 0 Å². The predicted molar refractivity (Wildman–Crippen MR) is 99.4 cm³/mol. The van der Waals surface area contributed by atoms with Crippen LogP contribution in [0.4, 0.5) is 9.59 Å². The number of hydrogen-bond donors (Lipinski definition) is 0. The van der Waals surface area contributed by atoms with E-state index in [2.05, 4.69) is 0 Å². The smallest absolute Gasteiger partial charge is 0.410 e. The van der Waals surface area contributed by atoms with Crippen molar-refractivity contribution in [2.24, 2.45) is 0 Å². The SMILES string of the molecule is [CH]N(C(=O)OCc1ccccc1)[C@@H]1CCN(C(=O)OCc2ccccc2)C1. The standard InChI is InChI=1S/C21H22N2O4/c1-22(20(24)26-15-17-8-4-2-5-9-17)19-12-13-23(14-19)21(25)27-16-18-10-6-3-7-11-18/h1-11,19H,12-16H2/t19-/m1/s1. The summed E-state index contributed by atoms with van der Waals surface area (Å²) in [6, 6.07) is 18.6. The van der Waals surface area contributed by atoms with Gasteiger partial charge in [0.25, 0.3) is 0 Å². The maximum Gasteiger partial charge on any atom is 0.410 e. The molecule has 2 radical (unpaired) electrons. The maximum absolute atomic E-state index is 12.2. The van der Waals surface area contributed by atoms with Crippen molar-refractivity contribution in [3.63, 3.8) is 0 Å². The third-order valence-electron chi connectivity index (χ3n) is 4.44. The van der Waals surface area contributed by atoms with Crippen LogP contribution in [0, 0.1) is 7.05 Å². The van der Waals surface area contributed by atoms with Gasteiger partial charge in [0.1, 0.15) is 13.2 Å². The number of benzene rings is 2. The molecule has 0 saturated carbocycles. The molecule has 2 aromatic carbocycles. The first-order chi connectivity index (χ1) is 13.1. The van der Waals surface area contributed by atoms with Gasteiger partial charge < -0.3 is 14.4 Å². The van der Waals surface area contributed by atoms with Crippen LogP contribution < -0.4 is 0 Å². The largest absolute Gasteiger partial charge is 0.445 e. The van der Waals surface area contributed by atoms with Gasteiger partial charge in [-0.25, -0.2) is 9.59 Å². The summed E-state index contributed by atoms with van der Waals surface area (Å²) in [5.74, 6) is 0. The van der Waals surface area contributed by atoms with Crippen molar-refractivity contribution in [2.45, 2.75) is 25.7 Å². The number of ether oxygens (including phenoxy) is 2. The fourth-order valence-corrected chi connectivity index (χ4v) is 2.89. The zero-order valence-electron chi connectivity index (χ0n) is 15.0. The predicted octanol–water partition coefficient (Wildman–Crippen LogP) is 3.70. The molecule has 27 heavy (non-hydrogen) atoms. The zero-order valence-corrected chi connectivity index (χ0v) is 15.0. The first-order valence-electron chi connectivity index (χ1n) is 8.83. The maximum atomic E-state index is 12.2. The molecule has 0 aliphatic carbocycles. The third-order valence-corrected chi connectivity index (χ3v) is 4.44. The van der Waals surface area contributed by atoms with Crippen molar-refractivity contribution in [3.05, 3.63) is 78.8 Å². The van der Waals surface area contributed by atoms with Gasteiger partial charge in [0.05, 0.1) is 13.1 Å². The first kappa shape index (κ1) is 18.8. The Balaban J connectivity index is 1.43. The summed E-state index contributed by atoms with van der Waals surface area (Å²) in [4.78, 5) is 26.9. The molecule has 6 heteroatoms. The Bertz CT molecular complexity index is 751. The van der Waals surface area contributed by atoms with Crippen molar-refractivity contribution in [2.75, 3.05) is 13.1 Å². The minimum atomic E-state index is -0.608. The Hall–Kier alpha value is -3.02. The van der Waals surface area contributed by atoms with Gasteiger partial charge in [-0.05, 0) is 17.5 Å². The fourth-order valence-electron chi connectivity index (χ4n) is 2.89. The molecule has 1 aliphatic heterocycles. The van der Waals surface area contributed by atoms with E-state index in [0.29, 0.717) is 19.5 Å². The molecule has 140 valence electrons. The minimum absolute atomic E-state index is 0.156. The molecule has 0 aromatic heterocycles. The van der Waals surface area contributed by atoms with Crippen molar-refractivity contribution in [1.82, 2.24) is 9.80 Å². The highest BCUT2D eigenvalue weighted by atomic mass is 16.6. The molecule has 1 saturated heterocycles. The summed E-state index contributed by atoms with van der Waals surface area (Å²) >= 11 is 0. The highest BCUT2D eigenvalue weighted by Gasteiger charge is 2.32. The number of hydrogen-bond acceptors (Lipinski definition) is 4. The van der Waals surface area contributed by atoms with Crippen molar-refractivity contribution in [1.29, 1.82) is 0 Å². The highest BCUT2D eigenvalue weighted by Crippen LogP contribution is 2.18. The van der Waals surface area contributed by atoms with Crippen LogP contribution in [0.1, 0.15) is 17.5 Å². The lowest BCUT2D eigenvalue weighted by Crippen LogP contribution is -2.39. The Morgan fingerprint density at radius 2 is 1.52 bits per heavy atom. The fraction of sp³-hybridized carbons (Fsp3) is 0.286. The Morgan fingerprint density at radius 1 is 0.963 bits per heavy atom. The average molecular weight is 366 g/mol. The van der Waals surface area contributed by atoms with E-state index in [0.717, 1.165) is 16.0 Å². The summed E-state index contributed by atoms with van der Waals surface area (Å²) in [6.45, 7) is 1.18. The van der Waals surface area contributed by atoms with E-state index in [9.17, 15) is 9.59 Å². The molecule has 2 aromatic rings. The van der Waals surface area contributed by atoms with E-state index in [1.807, 2.05) is 60.7 Å². The Labute approximate surface area is 159 Å². The van der Waals surface area contributed by atoms with E-state index in [1.165, 1.54) is 0 Å². The van der Waals surface area contributed by atoms with E-state index < -0.39 is 12.2 Å². The molecular weight excluding hydrogens is 344 g/mol. The summed E-state index contributed by atoms with van der Waals surface area (Å²) in [5, 5.41) is 0. The molecule has 0 bridgehead atoms.